The third-order valence-electron chi connectivity index (χ3n) is 3.88. The first-order chi connectivity index (χ1) is 9.65. The molecule has 0 aliphatic heterocycles. The van der Waals surface area contributed by atoms with Gasteiger partial charge in [-0.15, -0.1) is 0 Å². The summed E-state index contributed by atoms with van der Waals surface area (Å²) in [5.41, 5.74) is 9.69. The van der Waals surface area contributed by atoms with E-state index < -0.39 is 0 Å². The molecule has 0 radical (unpaired) electrons. The van der Waals surface area contributed by atoms with E-state index >= 15 is 0 Å². The van der Waals surface area contributed by atoms with E-state index in [9.17, 15) is 0 Å². The summed E-state index contributed by atoms with van der Waals surface area (Å²) in [6.45, 7) is 2.62. The van der Waals surface area contributed by atoms with Crippen molar-refractivity contribution in [2.45, 2.75) is 25.3 Å². The topological polar surface area (TPSA) is 35.2 Å². The maximum Gasteiger partial charge on any atom is 0.137 e. The first-order valence-electron chi connectivity index (χ1n) is 6.91. The van der Waals surface area contributed by atoms with Crippen LogP contribution in [0.1, 0.15) is 35.6 Å². The minimum Gasteiger partial charge on any atom is -0.491 e. The number of rotatable bonds is 4. The van der Waals surface area contributed by atoms with Crippen LogP contribution in [-0.4, -0.2) is 6.61 Å². The molecule has 0 fully saturated rings. The molecule has 0 bridgehead atoms. The Hall–Kier alpha value is -1.51. The molecule has 0 aromatic heterocycles. The summed E-state index contributed by atoms with van der Waals surface area (Å²) in [4.78, 5) is 0. The van der Waals surface area contributed by atoms with Crippen molar-refractivity contribution in [2.75, 3.05) is 6.61 Å². The van der Waals surface area contributed by atoms with Crippen molar-refractivity contribution < 1.29 is 4.74 Å². The van der Waals surface area contributed by atoms with Crippen LogP contribution in [0.2, 0.25) is 5.02 Å². The normalized spacial score (nSPS) is 18.1. The molecular weight excluding hydrogens is 270 g/mol. The van der Waals surface area contributed by atoms with Gasteiger partial charge in [0.1, 0.15) is 5.75 Å². The van der Waals surface area contributed by atoms with Crippen molar-refractivity contribution in [3.05, 3.63) is 64.2 Å². The number of halogens is 1. The molecule has 0 amide bonds. The summed E-state index contributed by atoms with van der Waals surface area (Å²) in [5, 5.41) is 0.632. The molecule has 3 rings (SSSR count). The predicted octanol–water partition coefficient (Wildman–Crippen LogP) is 4.08. The van der Waals surface area contributed by atoms with Crippen LogP contribution in [0.4, 0.5) is 0 Å². The average Bonchev–Trinajstić information content (AvgIpc) is 2.41. The zero-order chi connectivity index (χ0) is 14.1. The molecule has 0 saturated carbocycles. The minimum absolute atomic E-state index is 0.0138. The van der Waals surface area contributed by atoms with Gasteiger partial charge in [-0.3, -0.25) is 0 Å². The Morgan fingerprint density at radius 1 is 1.30 bits per heavy atom. The fourth-order valence-electron chi connectivity index (χ4n) is 2.62. The molecule has 1 aliphatic carbocycles. The van der Waals surface area contributed by atoms with Crippen molar-refractivity contribution in [3.63, 3.8) is 0 Å². The van der Waals surface area contributed by atoms with Gasteiger partial charge in [-0.1, -0.05) is 41.9 Å². The molecule has 3 heteroatoms. The highest BCUT2D eigenvalue weighted by Crippen LogP contribution is 2.36. The Labute approximate surface area is 124 Å². The summed E-state index contributed by atoms with van der Waals surface area (Å²) in [6, 6.07) is 14.3. The lowest BCUT2D eigenvalue weighted by Crippen LogP contribution is -2.23. The van der Waals surface area contributed by atoms with Crippen LogP contribution in [0.5, 0.6) is 5.75 Å². The number of nitrogens with two attached hydrogens (primary N) is 1. The maximum atomic E-state index is 6.24. The zero-order valence-corrected chi connectivity index (χ0v) is 12.2. The summed E-state index contributed by atoms with van der Waals surface area (Å²) in [7, 11) is 0. The van der Waals surface area contributed by atoms with E-state index in [0.29, 0.717) is 17.5 Å². The number of ether oxygens (including phenoxy) is 1. The Morgan fingerprint density at radius 2 is 2.10 bits per heavy atom. The zero-order valence-electron chi connectivity index (χ0n) is 11.5. The van der Waals surface area contributed by atoms with Gasteiger partial charge in [-0.25, -0.2) is 0 Å². The quantitative estimate of drug-likeness (QED) is 0.920. The van der Waals surface area contributed by atoms with Gasteiger partial charge in [-0.2, -0.15) is 0 Å². The number of hydrogen-bond acceptors (Lipinski definition) is 2. The van der Waals surface area contributed by atoms with E-state index in [4.69, 9.17) is 22.1 Å². The number of hydrogen-bond donors (Lipinski definition) is 1. The summed E-state index contributed by atoms with van der Waals surface area (Å²) < 4.78 is 5.86. The van der Waals surface area contributed by atoms with Gasteiger partial charge < -0.3 is 10.5 Å². The molecule has 2 aromatic carbocycles. The van der Waals surface area contributed by atoms with E-state index in [1.54, 1.807) is 0 Å². The second kappa shape index (κ2) is 5.47. The van der Waals surface area contributed by atoms with Crippen molar-refractivity contribution >= 4 is 11.6 Å². The lowest BCUT2D eigenvalue weighted by atomic mass is 9.78. The van der Waals surface area contributed by atoms with Crippen molar-refractivity contribution in [2.24, 2.45) is 5.73 Å². The van der Waals surface area contributed by atoms with Gasteiger partial charge in [0.05, 0.1) is 11.6 Å². The molecule has 104 valence electrons. The van der Waals surface area contributed by atoms with Crippen LogP contribution in [0.25, 0.3) is 0 Å². The van der Waals surface area contributed by atoms with E-state index in [2.05, 4.69) is 24.3 Å². The fraction of sp³-hybridized carbons (Fsp3) is 0.294. The molecule has 2 atom stereocenters. The summed E-state index contributed by atoms with van der Waals surface area (Å²) in [6.07, 6.45) is 1.09. The summed E-state index contributed by atoms with van der Waals surface area (Å²) in [5.74, 6) is 1.22. The highest BCUT2D eigenvalue weighted by molar-refractivity contribution is 6.32. The van der Waals surface area contributed by atoms with Gasteiger partial charge in [0.25, 0.3) is 0 Å². The Balaban J connectivity index is 1.65. The van der Waals surface area contributed by atoms with Crippen molar-refractivity contribution in [3.8, 4) is 5.75 Å². The van der Waals surface area contributed by atoms with Crippen LogP contribution in [-0.2, 0) is 6.42 Å². The van der Waals surface area contributed by atoms with Crippen LogP contribution in [0, 0.1) is 0 Å². The standard InChI is InChI=1S/C17H18ClNO/c1-11(19)12-6-7-17(16(18)9-12)20-10-14-8-13-4-2-3-5-15(13)14/h2-7,9,11,14H,8,10,19H2,1H3/t11-,14?/m1/s1. The average molecular weight is 288 g/mol. The molecule has 2 nitrogen and oxygen atoms in total. The molecule has 0 saturated heterocycles. The summed E-state index contributed by atoms with van der Waals surface area (Å²) >= 11 is 6.24. The van der Waals surface area contributed by atoms with Crippen LogP contribution < -0.4 is 10.5 Å². The third kappa shape index (κ3) is 2.54. The maximum absolute atomic E-state index is 6.24. The highest BCUT2D eigenvalue weighted by atomic mass is 35.5. The van der Waals surface area contributed by atoms with Crippen LogP contribution >= 0.6 is 11.6 Å². The lowest BCUT2D eigenvalue weighted by molar-refractivity contribution is 0.275. The van der Waals surface area contributed by atoms with E-state index in [0.717, 1.165) is 17.7 Å². The van der Waals surface area contributed by atoms with Gasteiger partial charge in [0.15, 0.2) is 0 Å². The van der Waals surface area contributed by atoms with Gasteiger partial charge in [0.2, 0.25) is 0 Å². The lowest BCUT2D eigenvalue weighted by Gasteiger charge is -2.30. The van der Waals surface area contributed by atoms with E-state index in [-0.39, 0.29) is 6.04 Å². The second-order valence-corrected chi connectivity index (χ2v) is 5.80. The molecule has 20 heavy (non-hydrogen) atoms. The SMILES string of the molecule is C[C@@H](N)c1ccc(OCC2Cc3ccccc32)c(Cl)c1. The highest BCUT2D eigenvalue weighted by Gasteiger charge is 2.26. The fourth-order valence-corrected chi connectivity index (χ4v) is 2.86. The Morgan fingerprint density at radius 3 is 2.80 bits per heavy atom. The smallest absolute Gasteiger partial charge is 0.137 e. The number of fused-ring (bicyclic) bond motifs is 1. The largest absolute Gasteiger partial charge is 0.491 e. The minimum atomic E-state index is -0.0138. The number of benzene rings is 2. The third-order valence-corrected chi connectivity index (χ3v) is 4.18. The van der Waals surface area contributed by atoms with Crippen LogP contribution in [0.3, 0.4) is 0 Å². The van der Waals surface area contributed by atoms with E-state index in [1.807, 2.05) is 25.1 Å². The Bertz CT molecular complexity index is 624. The van der Waals surface area contributed by atoms with Gasteiger partial charge >= 0.3 is 0 Å². The second-order valence-electron chi connectivity index (χ2n) is 5.39. The molecular formula is C17H18ClNO. The molecule has 1 unspecified atom stereocenters. The molecule has 2 aromatic rings. The van der Waals surface area contributed by atoms with E-state index in [1.165, 1.54) is 11.1 Å². The molecule has 0 spiro atoms. The first kappa shape index (κ1) is 13.5. The predicted molar refractivity (Wildman–Crippen MR) is 82.4 cm³/mol. The van der Waals surface area contributed by atoms with Gasteiger partial charge in [-0.05, 0) is 42.2 Å². The molecule has 2 N–H and O–H groups in total. The van der Waals surface area contributed by atoms with Crippen molar-refractivity contribution in [1.82, 2.24) is 0 Å². The first-order valence-corrected chi connectivity index (χ1v) is 7.28. The molecule has 1 aliphatic rings. The monoisotopic (exact) mass is 287 g/mol. The Kier molecular flexibility index (Phi) is 3.68. The van der Waals surface area contributed by atoms with Gasteiger partial charge in [0, 0.05) is 12.0 Å². The molecule has 0 heterocycles. The van der Waals surface area contributed by atoms with Crippen LogP contribution in [0.15, 0.2) is 42.5 Å². The van der Waals surface area contributed by atoms with Crippen molar-refractivity contribution in [1.29, 1.82) is 0 Å².